The Morgan fingerprint density at radius 1 is 0.435 bits per heavy atom. The highest BCUT2D eigenvalue weighted by molar-refractivity contribution is 8.00. The standard InChI is InChI=1S/C62H36BF3N2S/c64-62(65,66)39-34-56-60-58(35-39)69-57-36-40(67-52-26-12-7-19-43(52)44-20-8-13-27-53(44)67)30-31-50(57)63(60)51-33-38(37-15-2-1-3-16-37)29-32-54(51)68(56)55-28-14-25-49-59(55)45-21-6-11-24-48(45)61(49)46-22-9-4-17-41(46)42-18-5-10-23-47(42)61/h1-36H. The fourth-order valence-corrected chi connectivity index (χ4v) is 13.9. The molecule has 0 fully saturated rings. The van der Waals surface area contributed by atoms with E-state index < -0.39 is 17.2 Å². The van der Waals surface area contributed by atoms with Gasteiger partial charge in [0.15, 0.2) is 0 Å². The molecule has 69 heavy (non-hydrogen) atoms. The highest BCUT2D eigenvalue weighted by Gasteiger charge is 2.53. The lowest BCUT2D eigenvalue weighted by Crippen LogP contribution is -2.60. The molecule has 324 valence electrons. The zero-order valence-corrected chi connectivity index (χ0v) is 37.6. The maximum Gasteiger partial charge on any atom is 0.416 e. The number of para-hydroxylation sites is 2. The molecule has 0 unspecified atom stereocenters. The van der Waals surface area contributed by atoms with Gasteiger partial charge in [0, 0.05) is 43.2 Å². The van der Waals surface area contributed by atoms with Crippen LogP contribution in [0.25, 0.3) is 60.9 Å². The predicted molar refractivity (Wildman–Crippen MR) is 277 cm³/mol. The second-order valence-corrected chi connectivity index (χ2v) is 19.7. The van der Waals surface area contributed by atoms with Gasteiger partial charge in [-0.15, -0.1) is 0 Å². The van der Waals surface area contributed by atoms with Crippen molar-refractivity contribution in [1.82, 2.24) is 4.57 Å². The summed E-state index contributed by atoms with van der Waals surface area (Å²) in [7, 11) is 0. The van der Waals surface area contributed by atoms with Gasteiger partial charge in [0.1, 0.15) is 0 Å². The van der Waals surface area contributed by atoms with E-state index in [-0.39, 0.29) is 6.71 Å². The normalized spacial score (nSPS) is 14.3. The molecule has 4 aliphatic rings. The molecule has 2 aliphatic carbocycles. The summed E-state index contributed by atoms with van der Waals surface area (Å²) in [6.07, 6.45) is -4.59. The molecule has 0 N–H and O–H groups in total. The van der Waals surface area contributed by atoms with E-state index in [0.717, 1.165) is 88.0 Å². The Hall–Kier alpha value is -8.00. The monoisotopic (exact) mass is 908 g/mol. The molecule has 2 nitrogen and oxygen atoms in total. The van der Waals surface area contributed by atoms with E-state index in [9.17, 15) is 0 Å². The molecule has 15 rings (SSSR count). The predicted octanol–water partition coefficient (Wildman–Crippen LogP) is 14.6. The first-order valence-electron chi connectivity index (χ1n) is 23.4. The van der Waals surface area contributed by atoms with Crippen LogP contribution in [0.1, 0.15) is 27.8 Å². The molecule has 1 aromatic heterocycles. The van der Waals surface area contributed by atoms with Crippen LogP contribution in [0.4, 0.5) is 30.2 Å². The van der Waals surface area contributed by atoms with Crippen molar-refractivity contribution in [1.29, 1.82) is 0 Å². The van der Waals surface area contributed by atoms with E-state index in [2.05, 4.69) is 210 Å². The number of nitrogens with zero attached hydrogens (tertiary/aromatic N) is 2. The molecule has 0 amide bonds. The van der Waals surface area contributed by atoms with E-state index in [4.69, 9.17) is 0 Å². The van der Waals surface area contributed by atoms with Crippen LogP contribution in [0.3, 0.4) is 0 Å². The van der Waals surface area contributed by atoms with Crippen LogP contribution in [-0.4, -0.2) is 11.3 Å². The van der Waals surface area contributed by atoms with Crippen LogP contribution in [0.15, 0.2) is 228 Å². The number of aromatic nitrogens is 1. The van der Waals surface area contributed by atoms with E-state index in [0.29, 0.717) is 10.6 Å². The summed E-state index contributed by atoms with van der Waals surface area (Å²) in [5.74, 6) is 0. The van der Waals surface area contributed by atoms with Gasteiger partial charge in [-0.1, -0.05) is 187 Å². The molecular weight excluding hydrogens is 873 g/mol. The SMILES string of the molecule is FC(F)(F)c1cc2c3c(c1)N(c1cccc4c1-c1ccccc1C41c4ccccc4-c4ccccc41)c1ccc(-c4ccccc4)cc1B3c1ccc(-n3c4ccccc4c4ccccc43)cc1S2. The molecule has 0 radical (unpaired) electrons. The van der Waals surface area contributed by atoms with E-state index in [1.165, 1.54) is 51.7 Å². The number of benzene rings is 10. The molecule has 0 saturated carbocycles. The summed E-state index contributed by atoms with van der Waals surface area (Å²) in [6, 6.07) is 75.7. The Balaban J connectivity index is 1.01. The largest absolute Gasteiger partial charge is 0.416 e. The average molecular weight is 909 g/mol. The third-order valence-electron chi connectivity index (χ3n) is 15.3. The Morgan fingerprint density at radius 3 is 1.74 bits per heavy atom. The lowest BCUT2D eigenvalue weighted by atomic mass is 9.34. The average Bonchev–Trinajstić information content (AvgIpc) is 4.00. The zero-order chi connectivity index (χ0) is 45.8. The van der Waals surface area contributed by atoms with Crippen molar-refractivity contribution in [3.63, 3.8) is 0 Å². The Bertz CT molecular complexity index is 3920. The van der Waals surface area contributed by atoms with Gasteiger partial charge in [-0.3, -0.25) is 0 Å². The summed E-state index contributed by atoms with van der Waals surface area (Å²) in [5, 5.41) is 2.31. The van der Waals surface area contributed by atoms with Crippen molar-refractivity contribution >= 4 is 73.7 Å². The first-order valence-corrected chi connectivity index (χ1v) is 24.2. The minimum atomic E-state index is -4.59. The first kappa shape index (κ1) is 39.0. The number of fused-ring (bicyclic) bond motifs is 17. The van der Waals surface area contributed by atoms with Crippen LogP contribution in [0, 0.1) is 0 Å². The summed E-state index contributed by atoms with van der Waals surface area (Å²) < 4.78 is 49.0. The summed E-state index contributed by atoms with van der Waals surface area (Å²) in [6.45, 7) is -0.348. The lowest BCUT2D eigenvalue weighted by Gasteiger charge is -2.41. The molecule has 0 saturated heterocycles. The number of alkyl halides is 3. The topological polar surface area (TPSA) is 8.17 Å². The van der Waals surface area contributed by atoms with Crippen molar-refractivity contribution in [2.75, 3.05) is 4.90 Å². The van der Waals surface area contributed by atoms with Gasteiger partial charge in [-0.2, -0.15) is 13.2 Å². The fraction of sp³-hybridized carbons (Fsp3) is 0.0323. The molecular formula is C62H36BF3N2S. The molecule has 7 heteroatoms. The van der Waals surface area contributed by atoms with Crippen molar-refractivity contribution in [2.24, 2.45) is 0 Å². The van der Waals surface area contributed by atoms with Gasteiger partial charge in [-0.05, 0) is 110 Å². The number of hydrogen-bond acceptors (Lipinski definition) is 2. The Morgan fingerprint density at radius 2 is 1.04 bits per heavy atom. The molecule has 10 aromatic carbocycles. The first-order chi connectivity index (χ1) is 33.9. The minimum absolute atomic E-state index is 0.348. The van der Waals surface area contributed by atoms with Crippen molar-refractivity contribution in [3.8, 4) is 39.1 Å². The number of hydrogen-bond donors (Lipinski definition) is 0. The minimum Gasteiger partial charge on any atom is -0.311 e. The van der Waals surface area contributed by atoms with Crippen LogP contribution >= 0.6 is 11.8 Å². The van der Waals surface area contributed by atoms with Crippen molar-refractivity contribution in [3.05, 3.63) is 246 Å². The van der Waals surface area contributed by atoms with Crippen molar-refractivity contribution < 1.29 is 13.2 Å². The van der Waals surface area contributed by atoms with E-state index in [1.54, 1.807) is 0 Å². The van der Waals surface area contributed by atoms with Crippen LogP contribution < -0.4 is 21.3 Å². The second kappa shape index (κ2) is 14.0. The smallest absolute Gasteiger partial charge is 0.311 e. The van der Waals surface area contributed by atoms with Gasteiger partial charge in [0.05, 0.1) is 27.7 Å². The summed E-state index contributed by atoms with van der Waals surface area (Å²) >= 11 is 1.45. The molecule has 0 bridgehead atoms. The summed E-state index contributed by atoms with van der Waals surface area (Å²) in [4.78, 5) is 3.71. The van der Waals surface area contributed by atoms with Gasteiger partial charge >= 0.3 is 6.18 Å². The third kappa shape index (κ3) is 5.20. The van der Waals surface area contributed by atoms with Crippen molar-refractivity contribution in [2.45, 2.75) is 21.4 Å². The van der Waals surface area contributed by atoms with Crippen LogP contribution in [0.2, 0.25) is 0 Å². The molecule has 2 aliphatic heterocycles. The second-order valence-electron chi connectivity index (χ2n) is 18.6. The van der Waals surface area contributed by atoms with Crippen LogP contribution in [-0.2, 0) is 11.6 Å². The van der Waals surface area contributed by atoms with Gasteiger partial charge in [0.25, 0.3) is 0 Å². The third-order valence-corrected chi connectivity index (χ3v) is 16.4. The Kier molecular flexibility index (Phi) is 7.94. The number of anilines is 3. The Labute approximate surface area is 401 Å². The van der Waals surface area contributed by atoms with E-state index >= 15 is 13.2 Å². The van der Waals surface area contributed by atoms with Crippen LogP contribution in [0.5, 0.6) is 0 Å². The highest BCUT2D eigenvalue weighted by Crippen LogP contribution is 2.65. The fourth-order valence-electron chi connectivity index (χ4n) is 12.6. The highest BCUT2D eigenvalue weighted by atomic mass is 32.2. The van der Waals surface area contributed by atoms with Gasteiger partial charge < -0.3 is 9.47 Å². The van der Waals surface area contributed by atoms with E-state index in [1.807, 2.05) is 6.07 Å². The molecule has 1 spiro atoms. The quantitative estimate of drug-likeness (QED) is 0.163. The summed E-state index contributed by atoms with van der Waals surface area (Å²) in [5.41, 5.74) is 18.5. The van der Waals surface area contributed by atoms with Gasteiger partial charge in [0.2, 0.25) is 6.71 Å². The van der Waals surface area contributed by atoms with Gasteiger partial charge in [-0.25, -0.2) is 0 Å². The molecule has 11 aromatic rings. The maximum atomic E-state index is 15.6. The molecule has 3 heterocycles. The zero-order valence-electron chi connectivity index (χ0n) is 36.8. The number of rotatable bonds is 3. The maximum absolute atomic E-state index is 15.6. The number of halogens is 3. The molecule has 0 atom stereocenters. The lowest BCUT2D eigenvalue weighted by molar-refractivity contribution is -0.137.